The number of rotatable bonds is 2. The topological polar surface area (TPSA) is 80.8 Å². The minimum Gasteiger partial charge on any atom is -0.349 e. The number of hydrogen-bond acceptors (Lipinski definition) is 5. The standard InChI is InChI=1S/C28H21NO5/c1-15-9-8-14-20(16(15)2)29-26(32)21-22(27(29)33)28(34-23(21)17-10-4-3-5-11-17)24(30)18-12-6-7-13-19(18)25(28)31/h3-14,21-23H,1-2H3/t21-,22+,23+/m1/s1. The normalized spacial score (nSPS) is 24.8. The summed E-state index contributed by atoms with van der Waals surface area (Å²) >= 11 is 0. The second-order valence-electron chi connectivity index (χ2n) is 9.12. The molecule has 3 aromatic carbocycles. The number of anilines is 1. The Morgan fingerprint density at radius 2 is 1.35 bits per heavy atom. The lowest BCUT2D eigenvalue weighted by molar-refractivity contribution is -0.127. The Kier molecular flexibility index (Phi) is 4.29. The molecular weight excluding hydrogens is 430 g/mol. The fraction of sp³-hybridized carbons (Fsp3) is 0.214. The van der Waals surface area contributed by atoms with E-state index in [0.29, 0.717) is 11.3 Å². The predicted octanol–water partition coefficient (Wildman–Crippen LogP) is 4.00. The molecule has 1 aliphatic carbocycles. The number of carbonyl (C=O) groups is 4. The Morgan fingerprint density at radius 1 is 0.735 bits per heavy atom. The average molecular weight is 451 g/mol. The highest BCUT2D eigenvalue weighted by Crippen LogP contribution is 2.57. The minimum absolute atomic E-state index is 0.227. The molecule has 1 spiro atoms. The van der Waals surface area contributed by atoms with Crippen LogP contribution in [-0.2, 0) is 14.3 Å². The lowest BCUT2D eigenvalue weighted by Gasteiger charge is -2.28. The molecular formula is C28H21NO5. The fourth-order valence-electron chi connectivity index (χ4n) is 5.68. The third kappa shape index (κ3) is 2.43. The van der Waals surface area contributed by atoms with Crippen molar-refractivity contribution < 1.29 is 23.9 Å². The minimum atomic E-state index is -2.05. The van der Waals surface area contributed by atoms with E-state index in [1.165, 1.54) is 0 Å². The summed E-state index contributed by atoms with van der Waals surface area (Å²) in [5, 5.41) is 0. The predicted molar refractivity (Wildman–Crippen MR) is 123 cm³/mol. The second kappa shape index (κ2) is 7.05. The fourth-order valence-corrected chi connectivity index (χ4v) is 5.68. The number of imide groups is 1. The molecule has 6 nitrogen and oxygen atoms in total. The molecule has 168 valence electrons. The molecule has 0 bridgehead atoms. The quantitative estimate of drug-likeness (QED) is 0.435. The highest BCUT2D eigenvalue weighted by molar-refractivity contribution is 6.37. The maximum atomic E-state index is 14.0. The van der Waals surface area contributed by atoms with Crippen LogP contribution in [0.4, 0.5) is 5.69 Å². The zero-order valence-electron chi connectivity index (χ0n) is 18.6. The van der Waals surface area contributed by atoms with Crippen LogP contribution < -0.4 is 4.90 Å². The van der Waals surface area contributed by atoms with E-state index in [-0.39, 0.29) is 11.1 Å². The van der Waals surface area contributed by atoms with Crippen molar-refractivity contribution in [2.45, 2.75) is 25.6 Å². The largest absolute Gasteiger partial charge is 0.349 e. The number of aryl methyl sites for hydroxylation is 1. The van der Waals surface area contributed by atoms with Gasteiger partial charge in [-0.1, -0.05) is 66.7 Å². The highest BCUT2D eigenvalue weighted by Gasteiger charge is 2.74. The van der Waals surface area contributed by atoms with Gasteiger partial charge in [0, 0.05) is 11.1 Å². The number of Topliss-reactive ketones (excluding diaryl/α,β-unsaturated/α-hetero) is 2. The van der Waals surface area contributed by atoms with Gasteiger partial charge >= 0.3 is 0 Å². The van der Waals surface area contributed by atoms with Gasteiger partial charge in [0.25, 0.3) is 0 Å². The average Bonchev–Trinajstić information content (AvgIpc) is 3.42. The summed E-state index contributed by atoms with van der Waals surface area (Å²) in [4.78, 5) is 56.5. The zero-order valence-corrected chi connectivity index (χ0v) is 18.6. The Morgan fingerprint density at radius 3 is 2.00 bits per heavy atom. The monoisotopic (exact) mass is 451 g/mol. The number of hydrogen-bond donors (Lipinski definition) is 0. The molecule has 0 N–H and O–H groups in total. The molecule has 3 atom stereocenters. The van der Waals surface area contributed by atoms with Crippen molar-refractivity contribution in [2.24, 2.45) is 11.8 Å². The molecule has 0 aromatic heterocycles. The van der Waals surface area contributed by atoms with E-state index >= 15 is 0 Å². The van der Waals surface area contributed by atoms with Crippen LogP contribution in [-0.4, -0.2) is 29.0 Å². The van der Waals surface area contributed by atoms with Crippen molar-refractivity contribution in [3.05, 3.63) is 101 Å². The number of ether oxygens (including phenoxy) is 1. The zero-order chi connectivity index (χ0) is 23.8. The summed E-state index contributed by atoms with van der Waals surface area (Å²) in [6, 6.07) is 20.9. The molecule has 3 aromatic rings. The van der Waals surface area contributed by atoms with Crippen molar-refractivity contribution in [1.82, 2.24) is 0 Å². The van der Waals surface area contributed by atoms with Gasteiger partial charge in [0.1, 0.15) is 0 Å². The molecule has 2 heterocycles. The maximum absolute atomic E-state index is 14.0. The number of benzene rings is 3. The van der Waals surface area contributed by atoms with Gasteiger partial charge in [-0.3, -0.25) is 19.2 Å². The summed E-state index contributed by atoms with van der Waals surface area (Å²) in [5.41, 5.74) is 1.25. The van der Waals surface area contributed by atoms with Gasteiger partial charge in [-0.2, -0.15) is 0 Å². The Labute approximate surface area is 196 Å². The lowest BCUT2D eigenvalue weighted by atomic mass is 9.77. The smallest absolute Gasteiger partial charge is 0.241 e. The van der Waals surface area contributed by atoms with Crippen LogP contribution in [0.3, 0.4) is 0 Å². The van der Waals surface area contributed by atoms with Crippen LogP contribution in [0.15, 0.2) is 72.8 Å². The summed E-state index contributed by atoms with van der Waals surface area (Å²) in [6.45, 7) is 3.75. The molecule has 2 aliphatic heterocycles. The molecule has 34 heavy (non-hydrogen) atoms. The third-order valence-electron chi connectivity index (χ3n) is 7.46. The van der Waals surface area contributed by atoms with Crippen molar-refractivity contribution in [3.8, 4) is 0 Å². The molecule has 2 saturated heterocycles. The van der Waals surface area contributed by atoms with E-state index in [4.69, 9.17) is 4.74 Å². The maximum Gasteiger partial charge on any atom is 0.241 e. The van der Waals surface area contributed by atoms with Gasteiger partial charge in [-0.25, -0.2) is 4.90 Å². The van der Waals surface area contributed by atoms with Gasteiger partial charge in [-0.15, -0.1) is 0 Å². The van der Waals surface area contributed by atoms with Gasteiger partial charge in [0.05, 0.1) is 23.6 Å². The Balaban J connectivity index is 1.57. The van der Waals surface area contributed by atoms with Gasteiger partial charge in [0.2, 0.25) is 29.0 Å². The van der Waals surface area contributed by atoms with Crippen LogP contribution in [0, 0.1) is 25.7 Å². The molecule has 6 heteroatoms. The Bertz CT molecular complexity index is 1370. The van der Waals surface area contributed by atoms with E-state index in [1.54, 1.807) is 60.7 Å². The molecule has 6 rings (SSSR count). The number of ketones is 2. The van der Waals surface area contributed by atoms with Crippen LogP contribution in [0.5, 0.6) is 0 Å². The first kappa shape index (κ1) is 20.7. The van der Waals surface area contributed by atoms with Crippen molar-refractivity contribution in [3.63, 3.8) is 0 Å². The third-order valence-corrected chi connectivity index (χ3v) is 7.46. The first-order valence-corrected chi connectivity index (χ1v) is 11.2. The van der Waals surface area contributed by atoms with Gasteiger partial charge in [0.15, 0.2) is 0 Å². The first-order chi connectivity index (χ1) is 16.4. The number of carbonyl (C=O) groups excluding carboxylic acids is 4. The first-order valence-electron chi connectivity index (χ1n) is 11.2. The van der Waals surface area contributed by atoms with E-state index in [1.807, 2.05) is 26.0 Å². The van der Waals surface area contributed by atoms with E-state index < -0.39 is 46.9 Å². The number of fused-ring (bicyclic) bond motifs is 3. The SMILES string of the molecule is Cc1cccc(N2C(=O)[C@@H]3[C@@H](C2=O)C2(O[C@H]3c3ccccc3)C(=O)c3ccccc3C2=O)c1C. The van der Waals surface area contributed by atoms with Crippen molar-refractivity contribution in [2.75, 3.05) is 4.90 Å². The molecule has 0 radical (unpaired) electrons. The molecule has 0 saturated carbocycles. The van der Waals surface area contributed by atoms with Gasteiger partial charge < -0.3 is 4.74 Å². The van der Waals surface area contributed by atoms with Crippen molar-refractivity contribution >= 4 is 29.1 Å². The molecule has 3 aliphatic rings. The van der Waals surface area contributed by atoms with E-state index in [9.17, 15) is 19.2 Å². The molecule has 0 unspecified atom stereocenters. The van der Waals surface area contributed by atoms with Crippen LogP contribution in [0.25, 0.3) is 0 Å². The second-order valence-corrected chi connectivity index (χ2v) is 9.12. The summed E-state index contributed by atoms with van der Waals surface area (Å²) in [7, 11) is 0. The summed E-state index contributed by atoms with van der Waals surface area (Å²) in [6.07, 6.45) is -0.903. The molecule has 2 fully saturated rings. The number of amides is 2. The summed E-state index contributed by atoms with van der Waals surface area (Å²) in [5.74, 6) is -4.35. The summed E-state index contributed by atoms with van der Waals surface area (Å²) < 4.78 is 6.28. The molecule has 2 amide bonds. The lowest BCUT2D eigenvalue weighted by Crippen LogP contribution is -2.51. The highest BCUT2D eigenvalue weighted by atomic mass is 16.5. The van der Waals surface area contributed by atoms with Gasteiger partial charge in [-0.05, 0) is 36.6 Å². The van der Waals surface area contributed by atoms with E-state index in [2.05, 4.69) is 0 Å². The number of nitrogens with zero attached hydrogens (tertiary/aromatic N) is 1. The van der Waals surface area contributed by atoms with Crippen LogP contribution in [0.1, 0.15) is 43.5 Å². The van der Waals surface area contributed by atoms with E-state index in [0.717, 1.165) is 16.0 Å². The van der Waals surface area contributed by atoms with Crippen LogP contribution in [0.2, 0.25) is 0 Å². The van der Waals surface area contributed by atoms with Crippen LogP contribution >= 0.6 is 0 Å². The Hall–Kier alpha value is -3.90. The van der Waals surface area contributed by atoms with Crippen molar-refractivity contribution in [1.29, 1.82) is 0 Å².